The first-order valence-corrected chi connectivity index (χ1v) is 6.17. The van der Waals surface area contributed by atoms with Crippen molar-refractivity contribution in [3.63, 3.8) is 0 Å². The third-order valence-corrected chi connectivity index (χ3v) is 3.25. The topological polar surface area (TPSA) is 30.5 Å². The molecule has 1 N–H and O–H groups in total. The first kappa shape index (κ1) is 14.6. The van der Waals surface area contributed by atoms with Crippen LogP contribution in [0, 0.1) is 0 Å². The van der Waals surface area contributed by atoms with Crippen LogP contribution >= 0.6 is 28.3 Å². The molecule has 0 bridgehead atoms. The quantitative estimate of drug-likeness (QED) is 0.903. The Balaban J connectivity index is 0.00000144. The smallest absolute Gasteiger partial charge is 0.174 e. The zero-order valence-corrected chi connectivity index (χ0v) is 12.4. The van der Waals surface area contributed by atoms with Crippen LogP contribution in [-0.2, 0) is 6.54 Å². The highest BCUT2D eigenvalue weighted by atomic mass is 79.9. The van der Waals surface area contributed by atoms with Gasteiger partial charge in [-0.25, -0.2) is 0 Å². The number of hydrogen-bond donors (Lipinski definition) is 1. The number of halogens is 2. The second kappa shape index (κ2) is 6.47. The predicted octanol–water partition coefficient (Wildman–Crippen LogP) is 3.14. The molecule has 0 radical (unpaired) electrons. The summed E-state index contributed by atoms with van der Waals surface area (Å²) in [5, 5.41) is 3.47. The maximum Gasteiger partial charge on any atom is 0.174 e. The van der Waals surface area contributed by atoms with Crippen molar-refractivity contribution in [2.45, 2.75) is 25.4 Å². The lowest BCUT2D eigenvalue weighted by Gasteiger charge is -2.12. The zero-order valence-electron chi connectivity index (χ0n) is 9.96. The van der Waals surface area contributed by atoms with Crippen molar-refractivity contribution >= 4 is 28.3 Å². The van der Waals surface area contributed by atoms with Gasteiger partial charge in [-0.3, -0.25) is 0 Å². The minimum Gasteiger partial charge on any atom is -0.493 e. The van der Waals surface area contributed by atoms with Crippen molar-refractivity contribution in [2.24, 2.45) is 0 Å². The number of nitrogens with one attached hydrogen (secondary N) is 1. The van der Waals surface area contributed by atoms with Crippen molar-refractivity contribution in [3.05, 3.63) is 22.2 Å². The Hall–Kier alpha value is -0.450. The van der Waals surface area contributed by atoms with Crippen LogP contribution in [0.25, 0.3) is 0 Å². The van der Waals surface area contributed by atoms with Crippen LogP contribution in [-0.4, -0.2) is 20.3 Å². The molecule has 17 heavy (non-hydrogen) atoms. The molecule has 3 nitrogen and oxygen atoms in total. The minimum absolute atomic E-state index is 0. The minimum atomic E-state index is 0. The molecule has 0 aliphatic heterocycles. The molecule has 0 unspecified atom stereocenters. The average molecular weight is 323 g/mol. The highest BCUT2D eigenvalue weighted by Gasteiger charge is 2.20. The summed E-state index contributed by atoms with van der Waals surface area (Å²) in [6.45, 7) is 0.879. The number of methoxy groups -OCH3 is 2. The van der Waals surface area contributed by atoms with Gasteiger partial charge in [0.1, 0.15) is 0 Å². The van der Waals surface area contributed by atoms with Gasteiger partial charge < -0.3 is 14.8 Å². The zero-order chi connectivity index (χ0) is 11.5. The van der Waals surface area contributed by atoms with E-state index in [1.54, 1.807) is 14.2 Å². The van der Waals surface area contributed by atoms with Crippen LogP contribution in [0.3, 0.4) is 0 Å². The van der Waals surface area contributed by atoms with Crippen molar-refractivity contribution in [1.82, 2.24) is 5.32 Å². The monoisotopic (exact) mass is 321 g/mol. The molecular weight excluding hydrogens is 305 g/mol. The molecule has 1 aliphatic rings. The fourth-order valence-electron chi connectivity index (χ4n) is 1.62. The van der Waals surface area contributed by atoms with Crippen molar-refractivity contribution < 1.29 is 9.47 Å². The molecule has 5 heteroatoms. The summed E-state index contributed by atoms with van der Waals surface area (Å²) in [6.07, 6.45) is 2.60. The van der Waals surface area contributed by atoms with Crippen LogP contribution < -0.4 is 14.8 Å². The molecule has 0 saturated heterocycles. The summed E-state index contributed by atoms with van der Waals surface area (Å²) in [5.74, 6) is 1.52. The Kier molecular flexibility index (Phi) is 5.56. The second-order valence-electron chi connectivity index (χ2n) is 3.97. The van der Waals surface area contributed by atoms with Crippen LogP contribution in [0.5, 0.6) is 11.5 Å². The van der Waals surface area contributed by atoms with E-state index in [4.69, 9.17) is 9.47 Å². The summed E-state index contributed by atoms with van der Waals surface area (Å²) in [7, 11) is 3.30. The van der Waals surface area contributed by atoms with E-state index in [0.29, 0.717) is 6.04 Å². The van der Waals surface area contributed by atoms with Crippen LogP contribution in [0.15, 0.2) is 16.6 Å². The van der Waals surface area contributed by atoms with Crippen LogP contribution in [0.4, 0.5) is 0 Å². The Morgan fingerprint density at radius 1 is 1.29 bits per heavy atom. The van der Waals surface area contributed by atoms with E-state index in [1.165, 1.54) is 18.4 Å². The number of rotatable bonds is 5. The number of ether oxygens (including phenoxy) is 2. The maximum absolute atomic E-state index is 5.30. The van der Waals surface area contributed by atoms with E-state index < -0.39 is 0 Å². The first-order chi connectivity index (χ1) is 7.74. The van der Waals surface area contributed by atoms with E-state index >= 15 is 0 Å². The first-order valence-electron chi connectivity index (χ1n) is 5.38. The Morgan fingerprint density at radius 2 is 2.00 bits per heavy atom. The average Bonchev–Trinajstić information content (AvgIpc) is 3.09. The lowest BCUT2D eigenvalue weighted by Crippen LogP contribution is -2.15. The maximum atomic E-state index is 5.30. The second-order valence-corrected chi connectivity index (χ2v) is 4.82. The molecule has 0 heterocycles. The lowest BCUT2D eigenvalue weighted by molar-refractivity contribution is 0.352. The van der Waals surface area contributed by atoms with Gasteiger partial charge in [0.15, 0.2) is 11.5 Å². The summed E-state index contributed by atoms with van der Waals surface area (Å²) >= 11 is 3.49. The van der Waals surface area contributed by atoms with E-state index in [1.807, 2.05) is 6.07 Å². The van der Waals surface area contributed by atoms with Crippen molar-refractivity contribution in [1.29, 1.82) is 0 Å². The molecule has 0 spiro atoms. The summed E-state index contributed by atoms with van der Waals surface area (Å²) in [6, 6.07) is 4.79. The van der Waals surface area contributed by atoms with E-state index in [-0.39, 0.29) is 12.4 Å². The Morgan fingerprint density at radius 3 is 2.53 bits per heavy atom. The molecule has 1 aromatic carbocycles. The highest BCUT2D eigenvalue weighted by Crippen LogP contribution is 2.36. The fourth-order valence-corrected chi connectivity index (χ4v) is 2.27. The molecule has 1 fully saturated rings. The van der Waals surface area contributed by atoms with Crippen molar-refractivity contribution in [3.8, 4) is 11.5 Å². The third-order valence-electron chi connectivity index (χ3n) is 2.67. The molecular formula is C12H17BrClNO2. The molecule has 0 atom stereocenters. The van der Waals surface area contributed by atoms with Gasteiger partial charge in [-0.2, -0.15) is 0 Å². The molecule has 1 aromatic rings. The molecule has 0 aromatic heterocycles. The van der Waals surface area contributed by atoms with Crippen molar-refractivity contribution in [2.75, 3.05) is 14.2 Å². The van der Waals surface area contributed by atoms with E-state index in [0.717, 1.165) is 22.5 Å². The predicted molar refractivity (Wildman–Crippen MR) is 74.4 cm³/mol. The van der Waals surface area contributed by atoms with Crippen LogP contribution in [0.1, 0.15) is 18.4 Å². The summed E-state index contributed by atoms with van der Waals surface area (Å²) in [5.41, 5.74) is 1.21. The Labute approximate surface area is 116 Å². The van der Waals surface area contributed by atoms with Gasteiger partial charge >= 0.3 is 0 Å². The van der Waals surface area contributed by atoms with Crippen LogP contribution in [0.2, 0.25) is 0 Å². The van der Waals surface area contributed by atoms with Gasteiger partial charge in [0, 0.05) is 12.6 Å². The van der Waals surface area contributed by atoms with Gasteiger partial charge in [0.05, 0.1) is 18.7 Å². The van der Waals surface area contributed by atoms with E-state index in [2.05, 4.69) is 27.3 Å². The van der Waals surface area contributed by atoms with Gasteiger partial charge in [-0.1, -0.05) is 0 Å². The SMILES string of the molecule is COc1cc(CNC2CC2)cc(Br)c1OC.Cl. The summed E-state index contributed by atoms with van der Waals surface area (Å²) < 4.78 is 11.5. The molecule has 96 valence electrons. The standard InChI is InChI=1S/C12H16BrNO2.ClH/c1-15-11-6-8(7-14-9-3-4-9)5-10(13)12(11)16-2;/h5-6,9,14H,3-4,7H2,1-2H3;1H. The highest BCUT2D eigenvalue weighted by molar-refractivity contribution is 9.10. The van der Waals surface area contributed by atoms with E-state index in [9.17, 15) is 0 Å². The number of benzene rings is 1. The molecule has 0 amide bonds. The van der Waals surface area contributed by atoms with Gasteiger partial charge in [0.2, 0.25) is 0 Å². The lowest BCUT2D eigenvalue weighted by atomic mass is 10.2. The number of hydrogen-bond acceptors (Lipinski definition) is 3. The Bertz CT molecular complexity index is 383. The summed E-state index contributed by atoms with van der Waals surface area (Å²) in [4.78, 5) is 0. The normalized spacial score (nSPS) is 14.1. The molecule has 1 aliphatic carbocycles. The largest absolute Gasteiger partial charge is 0.493 e. The molecule has 1 saturated carbocycles. The third kappa shape index (κ3) is 3.76. The van der Waals surface area contributed by atoms with Gasteiger partial charge in [-0.15, -0.1) is 12.4 Å². The van der Waals surface area contributed by atoms with Gasteiger partial charge in [-0.05, 0) is 46.5 Å². The fraction of sp³-hybridized carbons (Fsp3) is 0.500. The molecule has 2 rings (SSSR count). The van der Waals surface area contributed by atoms with Gasteiger partial charge in [0.25, 0.3) is 0 Å².